The molecule has 2 rings (SSSR count). The summed E-state index contributed by atoms with van der Waals surface area (Å²) in [6, 6.07) is 0. The van der Waals surface area contributed by atoms with Gasteiger partial charge in [-0.15, -0.1) is 10.2 Å². The van der Waals surface area contributed by atoms with Crippen molar-refractivity contribution >= 4 is 0 Å². The molecule has 20 heavy (non-hydrogen) atoms. The van der Waals surface area contributed by atoms with Crippen LogP contribution in [0.2, 0.25) is 0 Å². The van der Waals surface area contributed by atoms with Gasteiger partial charge in [-0.25, -0.2) is 0 Å². The molecule has 0 saturated carbocycles. The molecule has 1 aromatic heterocycles. The van der Waals surface area contributed by atoms with Crippen LogP contribution in [0.25, 0.3) is 0 Å². The normalized spacial score (nSPS) is 16.4. The number of nitrogens with one attached hydrogen (secondary N) is 1. The zero-order valence-electron chi connectivity index (χ0n) is 11.6. The minimum atomic E-state index is -4.42. The molecule has 5 nitrogen and oxygen atoms in total. The topological polar surface area (TPSA) is 46.0 Å². The zero-order chi connectivity index (χ0) is 14.6. The summed E-state index contributed by atoms with van der Waals surface area (Å²) in [5, 5.41) is 10.2. The average molecular weight is 291 g/mol. The molecule has 0 spiro atoms. The van der Waals surface area contributed by atoms with Gasteiger partial charge in [0.1, 0.15) is 5.82 Å². The van der Waals surface area contributed by atoms with Gasteiger partial charge in [0.05, 0.1) is 6.54 Å². The Bertz CT molecular complexity index is 429. The van der Waals surface area contributed by atoms with Crippen LogP contribution in [-0.2, 0) is 19.3 Å². The van der Waals surface area contributed by atoms with E-state index in [-0.39, 0.29) is 0 Å². The second-order valence-electron chi connectivity index (χ2n) is 4.97. The van der Waals surface area contributed by atoms with Gasteiger partial charge in [0, 0.05) is 13.1 Å². The predicted molar refractivity (Wildman–Crippen MR) is 68.1 cm³/mol. The minimum absolute atomic E-state index is 0.305. The first-order valence-corrected chi connectivity index (χ1v) is 6.94. The third-order valence-corrected chi connectivity index (χ3v) is 3.34. The number of alkyl halides is 3. The van der Waals surface area contributed by atoms with Gasteiger partial charge in [-0.3, -0.25) is 4.90 Å². The fraction of sp³-hybridized carbons (Fsp3) is 0.833. The second kappa shape index (κ2) is 6.53. The van der Waals surface area contributed by atoms with Crippen molar-refractivity contribution in [1.82, 2.24) is 25.0 Å². The highest BCUT2D eigenvalue weighted by atomic mass is 19.4. The first kappa shape index (κ1) is 15.2. The first-order chi connectivity index (χ1) is 9.52. The summed E-state index contributed by atoms with van der Waals surface area (Å²) in [5.41, 5.74) is 0. The van der Waals surface area contributed by atoms with E-state index in [1.807, 2.05) is 0 Å². The Morgan fingerprint density at radius 3 is 2.70 bits per heavy atom. The summed E-state index contributed by atoms with van der Waals surface area (Å²) in [6.45, 7) is 6.28. The van der Waals surface area contributed by atoms with Crippen molar-refractivity contribution in [2.75, 3.05) is 26.2 Å². The van der Waals surface area contributed by atoms with Crippen LogP contribution in [0.3, 0.4) is 0 Å². The average Bonchev–Trinajstić information content (AvgIpc) is 2.81. The summed E-state index contributed by atoms with van der Waals surface area (Å²) in [4.78, 5) is 2.12. The van der Waals surface area contributed by atoms with Gasteiger partial charge in [-0.2, -0.15) is 13.2 Å². The highest BCUT2D eigenvalue weighted by molar-refractivity contribution is 5.02. The molecule has 0 atom stereocenters. The largest absolute Gasteiger partial charge is 0.451 e. The van der Waals surface area contributed by atoms with E-state index in [0.29, 0.717) is 25.5 Å². The third kappa shape index (κ3) is 3.69. The summed E-state index contributed by atoms with van der Waals surface area (Å²) in [5.74, 6) is -0.471. The van der Waals surface area contributed by atoms with Crippen molar-refractivity contribution in [2.24, 2.45) is 0 Å². The number of fused-ring (bicyclic) bond motifs is 1. The molecule has 0 radical (unpaired) electrons. The molecule has 1 aliphatic rings. The maximum Gasteiger partial charge on any atom is 0.451 e. The molecule has 8 heteroatoms. The lowest BCUT2D eigenvalue weighted by Gasteiger charge is -2.27. The maximum atomic E-state index is 12.7. The van der Waals surface area contributed by atoms with E-state index in [9.17, 15) is 13.2 Å². The highest BCUT2D eigenvalue weighted by Gasteiger charge is 2.39. The summed E-state index contributed by atoms with van der Waals surface area (Å²) < 4.78 is 39.2. The molecule has 0 unspecified atom stereocenters. The van der Waals surface area contributed by atoms with Crippen molar-refractivity contribution in [1.29, 1.82) is 0 Å². The minimum Gasteiger partial charge on any atom is -0.317 e. The molecule has 0 saturated heterocycles. The van der Waals surface area contributed by atoms with E-state index in [2.05, 4.69) is 27.3 Å². The zero-order valence-corrected chi connectivity index (χ0v) is 11.6. The lowest BCUT2D eigenvalue weighted by Crippen LogP contribution is -2.36. The predicted octanol–water partition coefficient (Wildman–Crippen LogP) is 1.50. The second-order valence-corrected chi connectivity index (χ2v) is 4.97. The smallest absolute Gasteiger partial charge is 0.317 e. The van der Waals surface area contributed by atoms with E-state index in [4.69, 9.17) is 0 Å². The van der Waals surface area contributed by atoms with Crippen molar-refractivity contribution in [3.8, 4) is 0 Å². The molecule has 114 valence electrons. The quantitative estimate of drug-likeness (QED) is 0.807. The Balaban J connectivity index is 1.84. The number of halogens is 3. The number of nitrogens with zero attached hydrogens (tertiary/aromatic N) is 4. The number of hydrogen-bond donors (Lipinski definition) is 1. The van der Waals surface area contributed by atoms with Crippen LogP contribution in [0.15, 0.2) is 0 Å². The van der Waals surface area contributed by atoms with Crippen molar-refractivity contribution in [3.05, 3.63) is 11.6 Å². The number of rotatable bonds is 6. The molecule has 0 amide bonds. The molecule has 0 bridgehead atoms. The van der Waals surface area contributed by atoms with Gasteiger partial charge in [0.15, 0.2) is 0 Å². The Kier molecular flexibility index (Phi) is 4.98. The fourth-order valence-electron chi connectivity index (χ4n) is 2.34. The number of hydrogen-bond acceptors (Lipinski definition) is 4. The molecule has 0 aliphatic carbocycles. The van der Waals surface area contributed by atoms with Crippen molar-refractivity contribution in [3.63, 3.8) is 0 Å². The van der Waals surface area contributed by atoms with Crippen LogP contribution in [0.5, 0.6) is 0 Å². The Morgan fingerprint density at radius 1 is 1.20 bits per heavy atom. The van der Waals surface area contributed by atoms with E-state index >= 15 is 0 Å². The van der Waals surface area contributed by atoms with Crippen LogP contribution in [0.1, 0.15) is 31.4 Å². The molecule has 0 aromatic carbocycles. The summed E-state index contributed by atoms with van der Waals surface area (Å²) in [6.07, 6.45) is -2.33. The Morgan fingerprint density at radius 2 is 2.00 bits per heavy atom. The standard InChI is InChI=1S/C12H20F3N5/c1-2-4-16-5-3-6-19-7-8-20-10(9-19)17-18-11(20)12(13,14)15/h16H,2-9H2,1H3. The molecule has 1 aliphatic heterocycles. The van der Waals surface area contributed by atoms with Gasteiger partial charge < -0.3 is 9.88 Å². The Labute approximate surface area is 116 Å². The first-order valence-electron chi connectivity index (χ1n) is 6.94. The maximum absolute atomic E-state index is 12.7. The van der Waals surface area contributed by atoms with Gasteiger partial charge >= 0.3 is 6.18 Å². The molecule has 0 fully saturated rings. The molecule has 1 N–H and O–H groups in total. The van der Waals surface area contributed by atoms with Gasteiger partial charge in [0.25, 0.3) is 0 Å². The SMILES string of the molecule is CCCNCCCN1CCn2c(nnc2C(F)(F)F)C1. The van der Waals surface area contributed by atoms with Gasteiger partial charge in [-0.1, -0.05) is 6.92 Å². The Hall–Kier alpha value is -1.15. The van der Waals surface area contributed by atoms with E-state index in [1.165, 1.54) is 4.57 Å². The molecular weight excluding hydrogens is 271 g/mol. The van der Waals surface area contributed by atoms with E-state index in [1.54, 1.807) is 0 Å². The lowest BCUT2D eigenvalue weighted by molar-refractivity contribution is -0.148. The molecular formula is C12H20F3N5. The van der Waals surface area contributed by atoms with Crippen molar-refractivity contribution in [2.45, 2.75) is 39.0 Å². The van der Waals surface area contributed by atoms with Gasteiger partial charge in [-0.05, 0) is 32.5 Å². The number of aromatic nitrogens is 3. The molecule has 2 heterocycles. The molecule has 1 aromatic rings. The summed E-state index contributed by atoms with van der Waals surface area (Å²) >= 11 is 0. The van der Waals surface area contributed by atoms with Crippen molar-refractivity contribution < 1.29 is 13.2 Å². The monoisotopic (exact) mass is 291 g/mol. The third-order valence-electron chi connectivity index (χ3n) is 3.34. The van der Waals surface area contributed by atoms with Crippen LogP contribution in [-0.4, -0.2) is 45.8 Å². The summed E-state index contributed by atoms with van der Waals surface area (Å²) in [7, 11) is 0. The fourth-order valence-corrected chi connectivity index (χ4v) is 2.34. The van der Waals surface area contributed by atoms with Crippen LogP contribution in [0, 0.1) is 0 Å². The van der Waals surface area contributed by atoms with Crippen LogP contribution in [0.4, 0.5) is 13.2 Å². The van der Waals surface area contributed by atoms with Gasteiger partial charge in [0.2, 0.25) is 5.82 Å². The van der Waals surface area contributed by atoms with Crippen LogP contribution < -0.4 is 5.32 Å². The van der Waals surface area contributed by atoms with E-state index in [0.717, 1.165) is 32.5 Å². The lowest BCUT2D eigenvalue weighted by atomic mass is 10.3. The van der Waals surface area contributed by atoms with E-state index < -0.39 is 12.0 Å². The van der Waals surface area contributed by atoms with Crippen LogP contribution >= 0.6 is 0 Å². The highest BCUT2D eigenvalue weighted by Crippen LogP contribution is 2.29.